The number of aliphatic hydroxyl groups is 1. The molecule has 1 aliphatic rings. The Balaban J connectivity index is 2.26. The summed E-state index contributed by atoms with van der Waals surface area (Å²) >= 11 is 0. The summed E-state index contributed by atoms with van der Waals surface area (Å²) in [6, 6.07) is 6.64. The third-order valence-corrected chi connectivity index (χ3v) is 4.40. The zero-order valence-corrected chi connectivity index (χ0v) is 12.6. The number of ether oxygens (including phenoxy) is 1. The molecule has 0 aromatic heterocycles. The van der Waals surface area contributed by atoms with Crippen LogP contribution in [0.2, 0.25) is 0 Å². The second kappa shape index (κ2) is 5.90. The van der Waals surface area contributed by atoms with E-state index in [1.165, 1.54) is 0 Å². The summed E-state index contributed by atoms with van der Waals surface area (Å²) < 4.78 is 32.3. The van der Waals surface area contributed by atoms with Crippen LogP contribution in [0.1, 0.15) is 31.9 Å². The Morgan fingerprint density at radius 2 is 2.10 bits per heavy atom. The molecule has 1 heterocycles. The molecule has 116 valence electrons. The minimum atomic E-state index is -4.07. The molecule has 8 heteroatoms. The average molecular weight is 314 g/mol. The predicted molar refractivity (Wildman–Crippen MR) is 77.0 cm³/mol. The van der Waals surface area contributed by atoms with Gasteiger partial charge >= 0.3 is 16.3 Å². The van der Waals surface area contributed by atoms with Crippen LogP contribution in [0, 0.1) is 0 Å². The summed E-state index contributed by atoms with van der Waals surface area (Å²) in [5.41, 5.74) is 0.882. The fraction of sp³-hybridized carbons (Fsp3) is 0.462. The van der Waals surface area contributed by atoms with Crippen molar-refractivity contribution in [2.45, 2.75) is 32.5 Å². The number of amides is 1. The highest BCUT2D eigenvalue weighted by atomic mass is 32.2. The second-order valence-corrected chi connectivity index (χ2v) is 6.59. The number of fused-ring (bicyclic) bond motifs is 1. The van der Waals surface area contributed by atoms with Gasteiger partial charge in [-0.05, 0) is 26.3 Å². The normalized spacial score (nSPS) is 18.3. The maximum Gasteiger partial charge on any atom is 0.422 e. The molecule has 0 radical (unpaired) electrons. The van der Waals surface area contributed by atoms with E-state index in [4.69, 9.17) is 4.74 Å². The van der Waals surface area contributed by atoms with E-state index in [1.54, 1.807) is 38.1 Å². The number of aliphatic hydroxyl groups excluding tert-OH is 1. The molecule has 2 rings (SSSR count). The molecule has 21 heavy (non-hydrogen) atoms. The fourth-order valence-electron chi connectivity index (χ4n) is 2.16. The summed E-state index contributed by atoms with van der Waals surface area (Å²) in [4.78, 5) is 11.5. The molecule has 1 amide bonds. The molecule has 2 N–H and O–H groups in total. The molecular weight excluding hydrogens is 296 g/mol. The van der Waals surface area contributed by atoms with Crippen LogP contribution in [0.15, 0.2) is 24.3 Å². The molecular formula is C13H18N2O5S. The minimum Gasteiger partial charge on any atom is -0.446 e. The summed E-state index contributed by atoms with van der Waals surface area (Å²) in [5, 5.41) is 9.91. The number of nitrogens with one attached hydrogen (secondary N) is 1. The first-order valence-corrected chi connectivity index (χ1v) is 8.03. The van der Waals surface area contributed by atoms with Gasteiger partial charge in [0.25, 0.3) is 0 Å². The van der Waals surface area contributed by atoms with E-state index in [0.29, 0.717) is 11.3 Å². The number of rotatable bonds is 3. The number of carbonyl (C=O) groups is 1. The molecule has 1 unspecified atom stereocenters. The number of hydrogen-bond acceptors (Lipinski definition) is 5. The Morgan fingerprint density at radius 1 is 1.43 bits per heavy atom. The number of anilines is 1. The lowest BCUT2D eigenvalue weighted by Gasteiger charge is -2.32. The van der Waals surface area contributed by atoms with E-state index >= 15 is 0 Å². The standard InChI is InChI=1S/C13H18N2O5S/c1-9(2)20-13(17)14-21(18,19)15-8-7-12(16)10-5-3-4-6-11(10)15/h3-6,9,12,16H,7-8H2,1-2H3,(H,14,17). The molecule has 1 aliphatic heterocycles. The van der Waals surface area contributed by atoms with Gasteiger partial charge in [-0.3, -0.25) is 4.31 Å². The Hall–Kier alpha value is -1.80. The third-order valence-electron chi connectivity index (χ3n) is 3.02. The molecule has 0 saturated heterocycles. The van der Waals surface area contributed by atoms with E-state index in [2.05, 4.69) is 0 Å². The minimum absolute atomic E-state index is 0.0858. The number of nitrogens with zero attached hydrogens (tertiary/aromatic N) is 1. The van der Waals surface area contributed by atoms with Crippen molar-refractivity contribution in [1.29, 1.82) is 0 Å². The van der Waals surface area contributed by atoms with Crippen LogP contribution in [0.4, 0.5) is 10.5 Å². The summed E-state index contributed by atoms with van der Waals surface area (Å²) in [6.07, 6.45) is -1.89. The maximum absolute atomic E-state index is 12.3. The van der Waals surface area contributed by atoms with Crippen LogP contribution in [-0.4, -0.2) is 32.3 Å². The van der Waals surface area contributed by atoms with Crippen molar-refractivity contribution in [3.63, 3.8) is 0 Å². The van der Waals surface area contributed by atoms with Gasteiger partial charge < -0.3 is 9.84 Å². The van der Waals surface area contributed by atoms with Gasteiger partial charge in [-0.2, -0.15) is 8.42 Å². The highest BCUT2D eigenvalue weighted by molar-refractivity contribution is 7.91. The largest absolute Gasteiger partial charge is 0.446 e. The van der Waals surface area contributed by atoms with E-state index < -0.39 is 28.5 Å². The van der Waals surface area contributed by atoms with Gasteiger partial charge in [0, 0.05) is 12.1 Å². The zero-order valence-electron chi connectivity index (χ0n) is 11.8. The highest BCUT2D eigenvalue weighted by Crippen LogP contribution is 2.34. The lowest BCUT2D eigenvalue weighted by molar-refractivity contribution is 0.121. The van der Waals surface area contributed by atoms with Crippen molar-refractivity contribution in [2.75, 3.05) is 10.8 Å². The smallest absolute Gasteiger partial charge is 0.422 e. The van der Waals surface area contributed by atoms with Crippen molar-refractivity contribution in [2.24, 2.45) is 0 Å². The molecule has 7 nitrogen and oxygen atoms in total. The molecule has 0 fully saturated rings. The summed E-state index contributed by atoms with van der Waals surface area (Å²) in [7, 11) is -4.07. The van der Waals surface area contributed by atoms with Crippen molar-refractivity contribution in [3.8, 4) is 0 Å². The number of para-hydroxylation sites is 1. The van der Waals surface area contributed by atoms with Gasteiger partial charge in [-0.25, -0.2) is 9.52 Å². The molecule has 1 aromatic carbocycles. The molecule has 0 aliphatic carbocycles. The zero-order chi connectivity index (χ0) is 15.6. The Kier molecular flexibility index (Phi) is 4.38. The van der Waals surface area contributed by atoms with Crippen LogP contribution in [0.5, 0.6) is 0 Å². The van der Waals surface area contributed by atoms with Gasteiger partial charge in [0.2, 0.25) is 0 Å². The molecule has 1 atom stereocenters. The Bertz CT molecular complexity index is 629. The van der Waals surface area contributed by atoms with Gasteiger partial charge in [-0.15, -0.1) is 0 Å². The van der Waals surface area contributed by atoms with Crippen LogP contribution >= 0.6 is 0 Å². The van der Waals surface area contributed by atoms with Crippen LogP contribution in [0.3, 0.4) is 0 Å². The van der Waals surface area contributed by atoms with Gasteiger partial charge in [-0.1, -0.05) is 18.2 Å². The Labute approximate surface area is 123 Å². The molecule has 0 saturated carbocycles. The quantitative estimate of drug-likeness (QED) is 0.877. The number of benzene rings is 1. The maximum atomic E-state index is 12.3. The fourth-order valence-corrected chi connectivity index (χ4v) is 3.30. The first kappa shape index (κ1) is 15.6. The van der Waals surface area contributed by atoms with Gasteiger partial charge in [0.1, 0.15) is 0 Å². The van der Waals surface area contributed by atoms with E-state index in [0.717, 1.165) is 4.31 Å². The first-order valence-electron chi connectivity index (χ1n) is 6.59. The summed E-state index contributed by atoms with van der Waals surface area (Å²) in [6.45, 7) is 3.33. The van der Waals surface area contributed by atoms with E-state index in [-0.39, 0.29) is 13.0 Å². The third kappa shape index (κ3) is 3.45. The van der Waals surface area contributed by atoms with Gasteiger partial charge in [0.05, 0.1) is 17.9 Å². The predicted octanol–water partition coefficient (Wildman–Crippen LogP) is 1.31. The summed E-state index contributed by atoms with van der Waals surface area (Å²) in [5.74, 6) is 0. The van der Waals surface area contributed by atoms with E-state index in [1.807, 2.05) is 4.72 Å². The number of carbonyl (C=O) groups excluding carboxylic acids is 1. The van der Waals surface area contributed by atoms with Crippen LogP contribution in [0.25, 0.3) is 0 Å². The monoisotopic (exact) mass is 314 g/mol. The first-order chi connectivity index (χ1) is 9.81. The molecule has 0 spiro atoms. The van der Waals surface area contributed by atoms with Crippen molar-refractivity contribution >= 4 is 22.0 Å². The SMILES string of the molecule is CC(C)OC(=O)NS(=O)(=O)N1CCC(O)c2ccccc21. The van der Waals surface area contributed by atoms with E-state index in [9.17, 15) is 18.3 Å². The lowest BCUT2D eigenvalue weighted by Crippen LogP contribution is -2.46. The highest BCUT2D eigenvalue weighted by Gasteiger charge is 2.32. The Morgan fingerprint density at radius 3 is 2.76 bits per heavy atom. The van der Waals surface area contributed by atoms with Crippen LogP contribution in [-0.2, 0) is 14.9 Å². The molecule has 1 aromatic rings. The average Bonchev–Trinajstić information content (AvgIpc) is 2.37. The van der Waals surface area contributed by atoms with Crippen molar-refractivity contribution in [3.05, 3.63) is 29.8 Å². The second-order valence-electron chi connectivity index (χ2n) is 5.00. The van der Waals surface area contributed by atoms with Crippen LogP contribution < -0.4 is 9.03 Å². The molecule has 0 bridgehead atoms. The van der Waals surface area contributed by atoms with Crippen molar-refractivity contribution in [1.82, 2.24) is 4.72 Å². The topological polar surface area (TPSA) is 95.9 Å². The van der Waals surface area contributed by atoms with Crippen molar-refractivity contribution < 1.29 is 23.1 Å². The number of hydrogen-bond donors (Lipinski definition) is 2. The van der Waals surface area contributed by atoms with Gasteiger partial charge in [0.15, 0.2) is 0 Å². The lowest BCUT2D eigenvalue weighted by atomic mass is 10.0.